The summed E-state index contributed by atoms with van der Waals surface area (Å²) >= 11 is 3.57. The van der Waals surface area contributed by atoms with Crippen LogP contribution in [0, 0.1) is 0 Å². The van der Waals surface area contributed by atoms with Crippen LogP contribution in [0.25, 0.3) is 0 Å². The minimum atomic E-state index is 0.706. The molecule has 0 bridgehead atoms. The van der Waals surface area contributed by atoms with Gasteiger partial charge in [-0.15, -0.1) is 0 Å². The van der Waals surface area contributed by atoms with Gasteiger partial charge in [0.15, 0.2) is 11.5 Å². The van der Waals surface area contributed by atoms with Crippen molar-refractivity contribution in [1.82, 2.24) is 5.32 Å². The van der Waals surface area contributed by atoms with Crippen LogP contribution in [0.4, 0.5) is 0 Å². The Balaban J connectivity index is 1.66. The highest BCUT2D eigenvalue weighted by molar-refractivity contribution is 9.10. The number of hydrogen-bond acceptors (Lipinski definition) is 3. The van der Waals surface area contributed by atoms with E-state index >= 15 is 0 Å². The predicted molar refractivity (Wildman–Crippen MR) is 86.7 cm³/mol. The van der Waals surface area contributed by atoms with Crippen LogP contribution in [0.3, 0.4) is 0 Å². The average molecular weight is 348 g/mol. The molecule has 1 N–H and O–H groups in total. The second-order valence-electron chi connectivity index (χ2n) is 5.04. The van der Waals surface area contributed by atoms with E-state index in [9.17, 15) is 0 Å². The molecule has 3 nitrogen and oxygen atoms in total. The number of ether oxygens (including phenoxy) is 2. The Kier molecular flexibility index (Phi) is 4.78. The molecule has 3 rings (SSSR count). The van der Waals surface area contributed by atoms with Gasteiger partial charge in [0.05, 0.1) is 17.7 Å². The van der Waals surface area contributed by atoms with E-state index in [1.807, 2.05) is 6.07 Å². The highest BCUT2D eigenvalue weighted by Gasteiger charge is 2.15. The van der Waals surface area contributed by atoms with E-state index in [1.165, 1.54) is 11.1 Å². The molecule has 1 heterocycles. The first kappa shape index (κ1) is 14.4. The number of nitrogens with one attached hydrogen (secondary N) is 1. The number of halogens is 1. The van der Waals surface area contributed by atoms with Crippen molar-refractivity contribution >= 4 is 15.9 Å². The van der Waals surface area contributed by atoms with Crippen molar-refractivity contribution < 1.29 is 9.47 Å². The lowest BCUT2D eigenvalue weighted by atomic mass is 10.2. The van der Waals surface area contributed by atoms with E-state index in [-0.39, 0.29) is 0 Å². The number of hydrogen-bond donors (Lipinski definition) is 1. The van der Waals surface area contributed by atoms with Crippen LogP contribution in [0.1, 0.15) is 17.5 Å². The van der Waals surface area contributed by atoms with Gasteiger partial charge in [-0.1, -0.05) is 30.3 Å². The first-order valence-corrected chi connectivity index (χ1v) is 7.95. The summed E-state index contributed by atoms with van der Waals surface area (Å²) in [4.78, 5) is 0. The maximum Gasteiger partial charge on any atom is 0.175 e. The normalized spacial score (nSPS) is 13.8. The summed E-state index contributed by atoms with van der Waals surface area (Å²) < 4.78 is 12.4. The van der Waals surface area contributed by atoms with Crippen LogP contribution in [-0.4, -0.2) is 13.2 Å². The molecule has 0 amide bonds. The molecular formula is C17H18BrNO2. The van der Waals surface area contributed by atoms with Crippen molar-refractivity contribution in [1.29, 1.82) is 0 Å². The molecule has 1 aliphatic rings. The summed E-state index contributed by atoms with van der Waals surface area (Å²) in [5, 5.41) is 3.45. The van der Waals surface area contributed by atoms with Gasteiger partial charge in [0.1, 0.15) is 0 Å². The Morgan fingerprint density at radius 2 is 1.71 bits per heavy atom. The standard InChI is InChI=1S/C17H18BrNO2/c18-15-9-14(10-16-17(15)21-8-4-7-20-16)12-19-11-13-5-2-1-3-6-13/h1-3,5-6,9-10,19H,4,7-8,11-12H2. The molecule has 0 atom stereocenters. The maximum atomic E-state index is 5.75. The van der Waals surface area contributed by atoms with Crippen molar-refractivity contribution in [2.45, 2.75) is 19.5 Å². The number of benzene rings is 2. The second kappa shape index (κ2) is 6.96. The molecule has 0 radical (unpaired) electrons. The van der Waals surface area contributed by atoms with Crippen molar-refractivity contribution in [2.24, 2.45) is 0 Å². The van der Waals surface area contributed by atoms with Gasteiger partial charge in [-0.2, -0.15) is 0 Å². The van der Waals surface area contributed by atoms with E-state index in [4.69, 9.17) is 9.47 Å². The zero-order valence-corrected chi connectivity index (χ0v) is 13.4. The zero-order chi connectivity index (χ0) is 14.5. The Morgan fingerprint density at radius 3 is 2.57 bits per heavy atom. The van der Waals surface area contributed by atoms with Crippen molar-refractivity contribution in [2.75, 3.05) is 13.2 Å². The highest BCUT2D eigenvalue weighted by Crippen LogP contribution is 2.38. The van der Waals surface area contributed by atoms with E-state index in [1.54, 1.807) is 0 Å². The molecule has 0 saturated carbocycles. The molecule has 4 heteroatoms. The molecule has 2 aromatic rings. The summed E-state index contributed by atoms with van der Waals surface area (Å²) in [6.45, 7) is 3.06. The Bertz CT molecular complexity index is 601. The lowest BCUT2D eigenvalue weighted by molar-refractivity contribution is 0.296. The van der Waals surface area contributed by atoms with Gasteiger partial charge < -0.3 is 14.8 Å². The Labute approximate surface area is 133 Å². The third-order valence-corrected chi connectivity index (χ3v) is 3.95. The monoisotopic (exact) mass is 347 g/mol. The third-order valence-electron chi connectivity index (χ3n) is 3.36. The molecule has 110 valence electrons. The van der Waals surface area contributed by atoms with Gasteiger partial charge >= 0.3 is 0 Å². The largest absolute Gasteiger partial charge is 0.490 e. The summed E-state index contributed by atoms with van der Waals surface area (Å²) in [7, 11) is 0. The first-order chi connectivity index (χ1) is 10.3. The second-order valence-corrected chi connectivity index (χ2v) is 5.90. The molecule has 0 spiro atoms. The smallest absolute Gasteiger partial charge is 0.175 e. The lowest BCUT2D eigenvalue weighted by Gasteiger charge is -2.12. The molecule has 21 heavy (non-hydrogen) atoms. The van der Waals surface area contributed by atoms with Gasteiger partial charge in [-0.3, -0.25) is 0 Å². The molecular weight excluding hydrogens is 330 g/mol. The Hall–Kier alpha value is -1.52. The summed E-state index contributed by atoms with van der Waals surface area (Å²) in [5.74, 6) is 1.65. The van der Waals surface area contributed by atoms with Crippen LogP contribution in [-0.2, 0) is 13.1 Å². The fourth-order valence-corrected chi connectivity index (χ4v) is 2.94. The minimum absolute atomic E-state index is 0.706. The minimum Gasteiger partial charge on any atom is -0.490 e. The van der Waals surface area contributed by atoms with Gasteiger partial charge in [-0.25, -0.2) is 0 Å². The van der Waals surface area contributed by atoms with Gasteiger partial charge in [0.2, 0.25) is 0 Å². The average Bonchev–Trinajstić information content (AvgIpc) is 2.74. The molecule has 2 aromatic carbocycles. The van der Waals surface area contributed by atoms with Gasteiger partial charge in [-0.05, 0) is 39.2 Å². The van der Waals surface area contributed by atoms with Crippen molar-refractivity contribution in [3.8, 4) is 11.5 Å². The molecule has 0 aromatic heterocycles. The molecule has 0 aliphatic carbocycles. The molecule has 1 aliphatic heterocycles. The van der Waals surface area contributed by atoms with Gasteiger partial charge in [0, 0.05) is 19.5 Å². The van der Waals surface area contributed by atoms with E-state index in [0.29, 0.717) is 13.2 Å². The van der Waals surface area contributed by atoms with Crippen LogP contribution >= 0.6 is 15.9 Å². The molecule has 0 fully saturated rings. The highest BCUT2D eigenvalue weighted by atomic mass is 79.9. The Morgan fingerprint density at radius 1 is 0.952 bits per heavy atom. The number of fused-ring (bicyclic) bond motifs is 1. The topological polar surface area (TPSA) is 30.5 Å². The zero-order valence-electron chi connectivity index (χ0n) is 11.8. The summed E-state index contributed by atoms with van der Waals surface area (Å²) in [5.41, 5.74) is 2.47. The van der Waals surface area contributed by atoms with E-state index in [0.717, 1.165) is 35.5 Å². The van der Waals surface area contributed by atoms with Gasteiger partial charge in [0.25, 0.3) is 0 Å². The van der Waals surface area contributed by atoms with Crippen LogP contribution in [0.2, 0.25) is 0 Å². The SMILES string of the molecule is Brc1cc(CNCc2ccccc2)cc2c1OCCCO2. The fraction of sp³-hybridized carbons (Fsp3) is 0.294. The fourth-order valence-electron chi connectivity index (χ4n) is 2.33. The van der Waals surface area contributed by atoms with Crippen LogP contribution < -0.4 is 14.8 Å². The maximum absolute atomic E-state index is 5.75. The molecule has 0 unspecified atom stereocenters. The summed E-state index contributed by atoms with van der Waals surface area (Å²) in [6, 6.07) is 14.5. The van der Waals surface area contributed by atoms with Crippen LogP contribution in [0.5, 0.6) is 11.5 Å². The van der Waals surface area contributed by atoms with Crippen molar-refractivity contribution in [3.05, 3.63) is 58.1 Å². The first-order valence-electron chi connectivity index (χ1n) is 7.15. The summed E-state index contributed by atoms with van der Waals surface area (Å²) in [6.07, 6.45) is 0.919. The number of rotatable bonds is 4. The van der Waals surface area contributed by atoms with Crippen LogP contribution in [0.15, 0.2) is 46.9 Å². The quantitative estimate of drug-likeness (QED) is 0.909. The third kappa shape index (κ3) is 3.77. The molecule has 0 saturated heterocycles. The lowest BCUT2D eigenvalue weighted by Crippen LogP contribution is -2.12. The predicted octanol–water partition coefficient (Wildman–Crippen LogP) is 3.90. The van der Waals surface area contributed by atoms with E-state index < -0.39 is 0 Å². The van der Waals surface area contributed by atoms with E-state index in [2.05, 4.69) is 57.6 Å². The van der Waals surface area contributed by atoms with Crippen molar-refractivity contribution in [3.63, 3.8) is 0 Å².